The Balaban J connectivity index is 1.44. The number of aromatic nitrogens is 4. The predicted molar refractivity (Wildman–Crippen MR) is 111 cm³/mol. The fraction of sp³-hybridized carbons (Fsp3) is 0.421. The van der Waals surface area contributed by atoms with Gasteiger partial charge in [-0.25, -0.2) is 9.97 Å². The molecule has 12 heteroatoms. The molecule has 162 valence electrons. The molecule has 5 rings (SSSR count). The summed E-state index contributed by atoms with van der Waals surface area (Å²) in [5.41, 5.74) is 1.14. The Morgan fingerprint density at radius 1 is 1.29 bits per heavy atom. The van der Waals surface area contributed by atoms with Crippen molar-refractivity contribution < 1.29 is 14.4 Å². The maximum Gasteiger partial charge on any atom is 0.287 e. The van der Waals surface area contributed by atoms with Gasteiger partial charge in [-0.2, -0.15) is 0 Å². The summed E-state index contributed by atoms with van der Waals surface area (Å²) in [5.74, 6) is 1.47. The van der Waals surface area contributed by atoms with E-state index in [0.717, 1.165) is 50.7 Å². The lowest BCUT2D eigenvalue weighted by Gasteiger charge is -2.22. The van der Waals surface area contributed by atoms with Crippen molar-refractivity contribution in [3.05, 3.63) is 34.1 Å². The minimum Gasteiger partial charge on any atom is -0.454 e. The molecule has 1 aromatic carbocycles. The molecule has 0 amide bonds. The number of imidazole rings is 1. The Bertz CT molecular complexity index is 1200. The molecule has 1 saturated heterocycles. The molecule has 31 heavy (non-hydrogen) atoms. The molecule has 0 unspecified atom stereocenters. The van der Waals surface area contributed by atoms with Crippen LogP contribution in [0.3, 0.4) is 0 Å². The van der Waals surface area contributed by atoms with E-state index in [1.165, 1.54) is 6.07 Å². The van der Waals surface area contributed by atoms with Gasteiger partial charge in [-0.15, -0.1) is 0 Å². The third-order valence-electron chi connectivity index (χ3n) is 5.59. The topological polar surface area (TPSA) is 144 Å². The average molecular weight is 443 g/mol. The first-order chi connectivity index (χ1) is 15.1. The number of hydrogen-bond acceptors (Lipinski definition) is 9. The van der Waals surface area contributed by atoms with Gasteiger partial charge in [0.15, 0.2) is 27.8 Å². The summed E-state index contributed by atoms with van der Waals surface area (Å²) in [6.45, 7) is 2.89. The Morgan fingerprint density at radius 3 is 2.84 bits per heavy atom. The van der Waals surface area contributed by atoms with Gasteiger partial charge >= 0.3 is 0 Å². The van der Waals surface area contributed by atoms with Crippen LogP contribution in [0.15, 0.2) is 28.5 Å². The van der Waals surface area contributed by atoms with Crippen LogP contribution in [0, 0.1) is 21.4 Å². The van der Waals surface area contributed by atoms with E-state index < -0.39 is 4.92 Å². The monoisotopic (exact) mass is 443 g/mol. The minimum absolute atomic E-state index is 0.0379. The number of aromatic amines is 1. The zero-order chi connectivity index (χ0) is 21.4. The van der Waals surface area contributed by atoms with Gasteiger partial charge in [-0.05, 0) is 50.0 Å². The molecule has 0 bridgehead atoms. The van der Waals surface area contributed by atoms with Gasteiger partial charge in [0.2, 0.25) is 6.79 Å². The van der Waals surface area contributed by atoms with Gasteiger partial charge in [-0.1, -0.05) is 0 Å². The molecule has 0 atom stereocenters. The second-order valence-electron chi connectivity index (χ2n) is 7.54. The maximum atomic E-state index is 11.5. The predicted octanol–water partition coefficient (Wildman–Crippen LogP) is 2.42. The van der Waals surface area contributed by atoms with Gasteiger partial charge in [0.1, 0.15) is 5.52 Å². The van der Waals surface area contributed by atoms with Crippen molar-refractivity contribution in [1.82, 2.24) is 24.8 Å². The van der Waals surface area contributed by atoms with Gasteiger partial charge in [0.05, 0.1) is 22.2 Å². The molecule has 2 aliphatic rings. The highest BCUT2D eigenvalue weighted by Crippen LogP contribution is 2.43. The third kappa shape index (κ3) is 3.95. The average Bonchev–Trinajstić information content (AvgIpc) is 3.40. The molecule has 11 nitrogen and oxygen atoms in total. The number of nitrogens with one attached hydrogen (secondary N) is 3. The zero-order valence-electron chi connectivity index (χ0n) is 16.6. The van der Waals surface area contributed by atoms with Gasteiger partial charge in [0, 0.05) is 12.6 Å². The van der Waals surface area contributed by atoms with Crippen LogP contribution >= 0.6 is 11.8 Å². The minimum atomic E-state index is -0.455. The maximum absolute atomic E-state index is 11.5. The lowest BCUT2D eigenvalue weighted by atomic mass is 9.95. The summed E-state index contributed by atoms with van der Waals surface area (Å²) in [4.78, 5) is 23.4. The van der Waals surface area contributed by atoms with Crippen molar-refractivity contribution in [3.8, 4) is 11.5 Å². The first kappa shape index (κ1) is 19.8. The smallest absolute Gasteiger partial charge is 0.287 e. The van der Waals surface area contributed by atoms with Crippen LogP contribution in [-0.2, 0) is 6.54 Å². The Morgan fingerprint density at radius 2 is 2.06 bits per heavy atom. The summed E-state index contributed by atoms with van der Waals surface area (Å²) in [7, 11) is 0. The summed E-state index contributed by atoms with van der Waals surface area (Å²) in [6.07, 6.45) is 4.97. The quantitative estimate of drug-likeness (QED) is 0.389. The summed E-state index contributed by atoms with van der Waals surface area (Å²) >= 11 is 1.12. The van der Waals surface area contributed by atoms with E-state index in [-0.39, 0.29) is 18.0 Å². The van der Waals surface area contributed by atoms with E-state index in [9.17, 15) is 10.1 Å². The molecule has 3 N–H and O–H groups in total. The van der Waals surface area contributed by atoms with Crippen LogP contribution in [0.4, 0.5) is 5.69 Å². The highest BCUT2D eigenvalue weighted by molar-refractivity contribution is 7.99. The van der Waals surface area contributed by atoms with E-state index in [1.807, 2.05) is 4.57 Å². The van der Waals surface area contributed by atoms with Crippen LogP contribution in [-0.4, -0.2) is 44.3 Å². The molecule has 0 aliphatic carbocycles. The number of fused-ring (bicyclic) bond motifs is 2. The number of hydrogen-bond donors (Lipinski definition) is 3. The highest BCUT2D eigenvalue weighted by Gasteiger charge is 2.25. The van der Waals surface area contributed by atoms with Crippen molar-refractivity contribution in [2.24, 2.45) is 5.92 Å². The fourth-order valence-electron chi connectivity index (χ4n) is 3.91. The van der Waals surface area contributed by atoms with Gasteiger partial charge in [-0.3, -0.25) is 15.5 Å². The van der Waals surface area contributed by atoms with E-state index in [1.54, 1.807) is 12.4 Å². The molecule has 3 aromatic rings. The summed E-state index contributed by atoms with van der Waals surface area (Å²) < 4.78 is 12.6. The second-order valence-corrected chi connectivity index (χ2v) is 8.57. The van der Waals surface area contributed by atoms with Crippen LogP contribution in [0.1, 0.15) is 19.3 Å². The lowest BCUT2D eigenvalue weighted by molar-refractivity contribution is -0.387. The van der Waals surface area contributed by atoms with Crippen molar-refractivity contribution in [2.75, 3.05) is 19.9 Å². The number of nitro benzene ring substituents is 1. The standard InChI is InChI=1S/C19H21N7O4S/c20-17-16-18(25(9-22-17)6-3-11-1-4-21-5-2-11)24-19(23-16)31-15-8-14-13(29-10-30-14)7-12(15)26(27)28/h7-9,11,20-21H,1-6,10H2,(H,23,24). The highest BCUT2D eigenvalue weighted by atomic mass is 32.2. The number of rotatable bonds is 6. The number of nitro groups is 1. The van der Waals surface area contributed by atoms with Crippen molar-refractivity contribution in [1.29, 1.82) is 5.41 Å². The Hall–Kier alpha value is -3.12. The van der Waals surface area contributed by atoms with E-state index >= 15 is 0 Å². The number of H-pyrrole nitrogens is 1. The van der Waals surface area contributed by atoms with E-state index in [4.69, 9.17) is 14.9 Å². The second kappa shape index (κ2) is 8.19. The van der Waals surface area contributed by atoms with E-state index in [2.05, 4.69) is 20.3 Å². The van der Waals surface area contributed by atoms with Gasteiger partial charge < -0.3 is 24.3 Å². The molecular formula is C19H21N7O4S. The number of benzene rings is 1. The number of aryl methyl sites for hydroxylation is 1. The number of nitrogens with zero attached hydrogens (tertiary/aromatic N) is 4. The van der Waals surface area contributed by atoms with Crippen LogP contribution in [0.5, 0.6) is 11.5 Å². The molecule has 2 aliphatic heterocycles. The third-order valence-corrected chi connectivity index (χ3v) is 6.53. The van der Waals surface area contributed by atoms with Crippen LogP contribution in [0.2, 0.25) is 0 Å². The molecule has 0 spiro atoms. The molecule has 2 aromatic heterocycles. The van der Waals surface area contributed by atoms with Crippen molar-refractivity contribution >= 4 is 28.6 Å². The number of ether oxygens (including phenoxy) is 2. The normalized spacial score (nSPS) is 16.1. The summed E-state index contributed by atoms with van der Waals surface area (Å²) in [5, 5.41) is 23.5. The molecule has 0 saturated carbocycles. The fourth-order valence-corrected chi connectivity index (χ4v) is 4.81. The van der Waals surface area contributed by atoms with Crippen molar-refractivity contribution in [2.45, 2.75) is 35.9 Å². The molecule has 1 fully saturated rings. The van der Waals surface area contributed by atoms with Gasteiger partial charge in [0.25, 0.3) is 5.69 Å². The van der Waals surface area contributed by atoms with Crippen molar-refractivity contribution in [3.63, 3.8) is 0 Å². The first-order valence-electron chi connectivity index (χ1n) is 10.0. The lowest BCUT2D eigenvalue weighted by Crippen LogP contribution is -2.28. The SMILES string of the molecule is N=c1ncn(CCC2CCNCC2)c2nc(Sc3cc4c(cc3[N+](=O)[O-])OCO4)[nH]c12. The van der Waals surface area contributed by atoms with E-state index in [0.29, 0.717) is 38.6 Å². The van der Waals surface area contributed by atoms with Crippen LogP contribution < -0.4 is 20.3 Å². The summed E-state index contributed by atoms with van der Waals surface area (Å²) in [6, 6.07) is 2.95. The molecule has 4 heterocycles. The number of piperidine rings is 1. The largest absolute Gasteiger partial charge is 0.454 e. The van der Waals surface area contributed by atoms with Crippen LogP contribution in [0.25, 0.3) is 11.2 Å². The zero-order valence-corrected chi connectivity index (χ0v) is 17.4. The first-order valence-corrected chi connectivity index (χ1v) is 10.9. The molecular weight excluding hydrogens is 422 g/mol. The Labute approximate surface area is 180 Å². The molecule has 0 radical (unpaired) electrons. The Kier molecular flexibility index (Phi) is 5.24.